The number of carbonyl (C=O) groups excluding carboxylic acids is 1. The molecule has 0 fully saturated rings. The van der Waals surface area contributed by atoms with Crippen LogP contribution in [0.4, 0.5) is 4.39 Å². The molecule has 0 saturated heterocycles. The van der Waals surface area contributed by atoms with Gasteiger partial charge in [0.2, 0.25) is 0 Å². The minimum Gasteiger partial charge on any atom is -0.301 e. The summed E-state index contributed by atoms with van der Waals surface area (Å²) in [5.41, 5.74) is 0.436. The fourth-order valence-electron chi connectivity index (χ4n) is 1.52. The third kappa shape index (κ3) is 3.08. The number of halogens is 1. The van der Waals surface area contributed by atoms with E-state index in [-0.39, 0.29) is 16.9 Å². The van der Waals surface area contributed by atoms with Crippen molar-refractivity contribution < 1.29 is 9.18 Å². The molecule has 0 bridgehead atoms. The zero-order chi connectivity index (χ0) is 14.0. The molecule has 0 radical (unpaired) electrons. The molecule has 98 valence electrons. The summed E-state index contributed by atoms with van der Waals surface area (Å²) in [6.45, 7) is 2.99. The Morgan fingerprint density at radius 2 is 2.16 bits per heavy atom. The Kier molecular flexibility index (Phi) is 3.80. The van der Waals surface area contributed by atoms with Gasteiger partial charge in [0.15, 0.2) is 10.9 Å². The first kappa shape index (κ1) is 13.5. The zero-order valence-electron chi connectivity index (χ0n) is 10.4. The van der Waals surface area contributed by atoms with Crippen LogP contribution in [0.5, 0.6) is 0 Å². The number of Topliss-reactive ketones (excluding diaryl/α,β-unsaturated/α-hetero) is 1. The smallest absolute Gasteiger partial charge is 0.251 e. The number of benzene rings is 1. The van der Waals surface area contributed by atoms with Gasteiger partial charge in [-0.1, -0.05) is 11.8 Å². The second-order valence-corrected chi connectivity index (χ2v) is 5.03. The number of rotatable bonds is 3. The van der Waals surface area contributed by atoms with Gasteiger partial charge in [0.05, 0.1) is 0 Å². The molecule has 2 rings (SSSR count). The number of carbonyl (C=O) groups is 1. The first-order valence-electron chi connectivity index (χ1n) is 5.51. The molecular weight excluding hydrogens is 267 g/mol. The fourth-order valence-corrected chi connectivity index (χ4v) is 2.54. The van der Waals surface area contributed by atoms with Gasteiger partial charge in [-0.2, -0.15) is 0 Å². The van der Waals surface area contributed by atoms with E-state index in [1.807, 2.05) is 0 Å². The number of nitrogens with one attached hydrogen (secondary N) is 1. The third-order valence-corrected chi connectivity index (χ3v) is 3.45. The molecule has 0 saturated carbocycles. The second-order valence-electron chi connectivity index (χ2n) is 4.00. The van der Waals surface area contributed by atoms with E-state index in [2.05, 4.69) is 9.97 Å². The maximum Gasteiger partial charge on any atom is 0.251 e. The van der Waals surface area contributed by atoms with Crippen LogP contribution in [0.2, 0.25) is 0 Å². The van der Waals surface area contributed by atoms with Gasteiger partial charge in [0.1, 0.15) is 5.82 Å². The van der Waals surface area contributed by atoms with Crippen LogP contribution >= 0.6 is 11.8 Å². The van der Waals surface area contributed by atoms with Gasteiger partial charge < -0.3 is 4.98 Å². The lowest BCUT2D eigenvalue weighted by atomic mass is 10.1. The van der Waals surface area contributed by atoms with E-state index in [0.29, 0.717) is 15.6 Å². The van der Waals surface area contributed by atoms with Gasteiger partial charge in [-0.25, -0.2) is 9.37 Å². The van der Waals surface area contributed by atoms with Gasteiger partial charge in [-0.15, -0.1) is 0 Å². The molecule has 2 aromatic rings. The van der Waals surface area contributed by atoms with Gasteiger partial charge >= 0.3 is 0 Å². The van der Waals surface area contributed by atoms with Crippen LogP contribution in [0.25, 0.3) is 0 Å². The predicted molar refractivity (Wildman–Crippen MR) is 70.1 cm³/mol. The highest BCUT2D eigenvalue weighted by Crippen LogP contribution is 2.29. The van der Waals surface area contributed by atoms with E-state index >= 15 is 0 Å². The second kappa shape index (κ2) is 5.36. The number of nitrogens with zero attached hydrogens (tertiary/aromatic N) is 1. The summed E-state index contributed by atoms with van der Waals surface area (Å²) in [6, 6.07) is 4.08. The molecule has 0 aliphatic heterocycles. The van der Waals surface area contributed by atoms with Crippen molar-refractivity contribution in [3.05, 3.63) is 51.7 Å². The van der Waals surface area contributed by atoms with Crippen LogP contribution < -0.4 is 5.56 Å². The summed E-state index contributed by atoms with van der Waals surface area (Å²) in [7, 11) is 0. The van der Waals surface area contributed by atoms with Crippen molar-refractivity contribution in [2.75, 3.05) is 0 Å². The molecule has 1 aromatic carbocycles. The first-order valence-corrected chi connectivity index (χ1v) is 6.33. The van der Waals surface area contributed by atoms with E-state index in [9.17, 15) is 14.0 Å². The van der Waals surface area contributed by atoms with Crippen LogP contribution in [0, 0.1) is 12.7 Å². The molecule has 6 heteroatoms. The van der Waals surface area contributed by atoms with E-state index < -0.39 is 5.82 Å². The molecule has 1 N–H and O–H groups in total. The minimum atomic E-state index is -0.427. The molecule has 19 heavy (non-hydrogen) atoms. The van der Waals surface area contributed by atoms with E-state index in [1.54, 1.807) is 13.0 Å². The molecule has 0 aliphatic carbocycles. The lowest BCUT2D eigenvalue weighted by Crippen LogP contribution is -2.06. The standard InChI is InChI=1S/C13H11FN2O2S/c1-7-5-11(9(8(2)17)6-10(7)14)19-13-15-4-3-12(18)16-13/h3-6H,1-2H3,(H,15,16,18). The topological polar surface area (TPSA) is 62.8 Å². The van der Waals surface area contributed by atoms with Crippen LogP contribution in [-0.4, -0.2) is 15.8 Å². The van der Waals surface area contributed by atoms with Gasteiger partial charge in [0.25, 0.3) is 5.56 Å². The van der Waals surface area contributed by atoms with Crippen LogP contribution in [-0.2, 0) is 0 Å². The lowest BCUT2D eigenvalue weighted by molar-refractivity contribution is 0.101. The Bertz CT molecular complexity index is 697. The van der Waals surface area contributed by atoms with Crippen molar-refractivity contribution in [2.24, 2.45) is 0 Å². The summed E-state index contributed by atoms with van der Waals surface area (Å²) in [5.74, 6) is -0.663. The Morgan fingerprint density at radius 3 is 2.79 bits per heavy atom. The quantitative estimate of drug-likeness (QED) is 0.692. The maximum atomic E-state index is 13.5. The van der Waals surface area contributed by atoms with Crippen molar-refractivity contribution >= 4 is 17.5 Å². The van der Waals surface area contributed by atoms with Crippen molar-refractivity contribution in [3.8, 4) is 0 Å². The Balaban J connectivity index is 2.47. The largest absolute Gasteiger partial charge is 0.301 e. The molecule has 0 unspecified atom stereocenters. The average Bonchev–Trinajstić information content (AvgIpc) is 2.33. The van der Waals surface area contributed by atoms with E-state index in [0.717, 1.165) is 11.8 Å². The number of H-pyrrole nitrogens is 1. The Morgan fingerprint density at radius 1 is 1.42 bits per heavy atom. The molecule has 0 amide bonds. The first-order chi connectivity index (χ1) is 8.97. The lowest BCUT2D eigenvalue weighted by Gasteiger charge is -2.08. The summed E-state index contributed by atoms with van der Waals surface area (Å²) in [5, 5.41) is 0.362. The summed E-state index contributed by atoms with van der Waals surface area (Å²) in [4.78, 5) is 29.8. The number of ketones is 1. The molecular formula is C13H11FN2O2S. The van der Waals surface area contributed by atoms with Crippen LogP contribution in [0.15, 0.2) is 39.2 Å². The number of aryl methyl sites for hydroxylation is 1. The molecule has 0 spiro atoms. The highest BCUT2D eigenvalue weighted by Gasteiger charge is 2.13. The number of hydrogen-bond acceptors (Lipinski definition) is 4. The minimum absolute atomic E-state index is 0.236. The molecule has 1 aromatic heterocycles. The number of hydrogen-bond donors (Lipinski definition) is 1. The summed E-state index contributed by atoms with van der Waals surface area (Å²) >= 11 is 1.13. The van der Waals surface area contributed by atoms with Crippen molar-refractivity contribution in [1.29, 1.82) is 0 Å². The normalized spacial score (nSPS) is 10.5. The zero-order valence-corrected chi connectivity index (χ0v) is 11.2. The highest BCUT2D eigenvalue weighted by molar-refractivity contribution is 7.99. The Labute approximate surface area is 113 Å². The van der Waals surface area contributed by atoms with Crippen molar-refractivity contribution in [2.45, 2.75) is 23.9 Å². The van der Waals surface area contributed by atoms with Gasteiger partial charge in [-0.05, 0) is 31.5 Å². The van der Waals surface area contributed by atoms with E-state index in [4.69, 9.17) is 0 Å². The Hall–Kier alpha value is -1.95. The average molecular weight is 278 g/mol. The van der Waals surface area contributed by atoms with Gasteiger partial charge in [0, 0.05) is 22.7 Å². The monoisotopic (exact) mass is 278 g/mol. The fraction of sp³-hybridized carbons (Fsp3) is 0.154. The number of aromatic amines is 1. The third-order valence-electron chi connectivity index (χ3n) is 2.49. The van der Waals surface area contributed by atoms with Gasteiger partial charge in [-0.3, -0.25) is 9.59 Å². The van der Waals surface area contributed by atoms with Crippen molar-refractivity contribution in [3.63, 3.8) is 0 Å². The molecule has 1 heterocycles. The van der Waals surface area contributed by atoms with E-state index in [1.165, 1.54) is 25.3 Å². The number of aromatic nitrogens is 2. The summed E-state index contributed by atoms with van der Waals surface area (Å²) in [6.07, 6.45) is 1.38. The van der Waals surface area contributed by atoms with Crippen LogP contribution in [0.1, 0.15) is 22.8 Å². The SMILES string of the molecule is CC(=O)c1cc(F)c(C)cc1Sc1nccc(=O)[nH]1. The molecule has 0 atom stereocenters. The van der Waals surface area contributed by atoms with Crippen molar-refractivity contribution in [1.82, 2.24) is 9.97 Å². The summed E-state index contributed by atoms with van der Waals surface area (Å²) < 4.78 is 13.5. The maximum absolute atomic E-state index is 13.5. The van der Waals surface area contributed by atoms with Crippen LogP contribution in [0.3, 0.4) is 0 Å². The predicted octanol–water partition coefficient (Wildman–Crippen LogP) is 2.57. The highest BCUT2D eigenvalue weighted by atomic mass is 32.2. The molecule has 0 aliphatic rings. The molecule has 4 nitrogen and oxygen atoms in total.